The summed E-state index contributed by atoms with van der Waals surface area (Å²) in [7, 11) is -4.66. The molecule has 36 heavy (non-hydrogen) atoms. The summed E-state index contributed by atoms with van der Waals surface area (Å²) in [4.78, 5) is 23.2. The molecule has 1 fully saturated rings. The average Bonchev–Trinajstić information content (AvgIpc) is 3.25. The number of benzene rings is 2. The zero-order valence-corrected chi connectivity index (χ0v) is 20.3. The van der Waals surface area contributed by atoms with Gasteiger partial charge in [0, 0.05) is 25.3 Å². The number of anilines is 1. The molecule has 4 rings (SSSR count). The molecule has 0 bridgehead atoms. The first-order chi connectivity index (χ1) is 17.0. The highest BCUT2D eigenvalue weighted by molar-refractivity contribution is 7.87. The highest BCUT2D eigenvalue weighted by Crippen LogP contribution is 2.41. The van der Waals surface area contributed by atoms with Gasteiger partial charge in [-0.2, -0.15) is 13.2 Å². The molecular formula is C25H26F2N3O5S+. The topological polar surface area (TPSA) is 113 Å². The van der Waals surface area contributed by atoms with Crippen LogP contribution in [0.3, 0.4) is 0 Å². The predicted octanol–water partition coefficient (Wildman–Crippen LogP) is 4.83. The minimum Gasteiger partial charge on any atom is -0.435 e. The van der Waals surface area contributed by atoms with Crippen molar-refractivity contribution in [1.29, 1.82) is 0 Å². The van der Waals surface area contributed by atoms with Gasteiger partial charge in [-0.1, -0.05) is 42.5 Å². The number of sulfonamides is 1. The van der Waals surface area contributed by atoms with Crippen molar-refractivity contribution in [3.05, 3.63) is 84.0 Å². The lowest BCUT2D eigenvalue weighted by atomic mass is 9.97. The van der Waals surface area contributed by atoms with Crippen molar-refractivity contribution in [3.8, 4) is 0 Å². The van der Waals surface area contributed by atoms with Gasteiger partial charge in [0.15, 0.2) is 0 Å². The Morgan fingerprint density at radius 1 is 1.14 bits per heavy atom. The number of halogens is 2. The lowest BCUT2D eigenvalue weighted by molar-refractivity contribution is -0.742. The van der Waals surface area contributed by atoms with Crippen molar-refractivity contribution in [1.82, 2.24) is 5.32 Å². The van der Waals surface area contributed by atoms with E-state index in [1.165, 1.54) is 12.2 Å². The molecule has 3 atom stereocenters. The van der Waals surface area contributed by atoms with E-state index in [4.69, 9.17) is 0 Å². The van der Waals surface area contributed by atoms with Crippen LogP contribution in [0.1, 0.15) is 31.7 Å². The second kappa shape index (κ2) is 9.47. The monoisotopic (exact) mass is 518 g/mol. The van der Waals surface area contributed by atoms with E-state index in [9.17, 15) is 31.9 Å². The fourth-order valence-corrected chi connectivity index (χ4v) is 7.33. The van der Waals surface area contributed by atoms with Crippen LogP contribution < -0.4 is 10.6 Å². The van der Waals surface area contributed by atoms with E-state index in [0.717, 1.165) is 17.7 Å². The van der Waals surface area contributed by atoms with Gasteiger partial charge in [-0.05, 0) is 36.3 Å². The largest absolute Gasteiger partial charge is 0.529 e. The van der Waals surface area contributed by atoms with Crippen molar-refractivity contribution in [3.63, 3.8) is 0 Å². The summed E-state index contributed by atoms with van der Waals surface area (Å²) in [5.41, 5.74) is 1.15. The number of nitrogens with one attached hydrogen (secondary N) is 2. The first-order valence-electron chi connectivity index (χ1n) is 11.4. The summed E-state index contributed by atoms with van der Waals surface area (Å²) >= 11 is 0. The third-order valence-corrected chi connectivity index (χ3v) is 9.69. The molecule has 2 unspecified atom stereocenters. The average molecular weight is 519 g/mol. The summed E-state index contributed by atoms with van der Waals surface area (Å²) in [6.45, 7) is 1.40. The van der Waals surface area contributed by atoms with E-state index in [1.807, 2.05) is 30.3 Å². The highest BCUT2D eigenvalue weighted by Gasteiger charge is 2.65. The van der Waals surface area contributed by atoms with E-state index in [-0.39, 0.29) is 18.7 Å². The molecule has 11 heteroatoms. The third kappa shape index (κ3) is 4.18. The number of carbonyl (C=O) groups excluding carboxylic acids is 1. The second-order valence-electron chi connectivity index (χ2n) is 8.92. The predicted molar refractivity (Wildman–Crippen MR) is 130 cm³/mol. The van der Waals surface area contributed by atoms with E-state index in [2.05, 4.69) is 10.6 Å². The molecule has 2 aromatic rings. The van der Waals surface area contributed by atoms with Crippen LogP contribution in [0.2, 0.25) is 0 Å². The lowest BCUT2D eigenvalue weighted by Crippen LogP contribution is -2.69. The minimum atomic E-state index is -4.66. The van der Waals surface area contributed by atoms with E-state index >= 15 is 0 Å². The maximum Gasteiger partial charge on any atom is 0.529 e. The maximum atomic E-state index is 14.2. The van der Waals surface area contributed by atoms with E-state index in [0.29, 0.717) is 24.5 Å². The summed E-state index contributed by atoms with van der Waals surface area (Å²) in [6.07, 6.45) is 3.39. The van der Waals surface area contributed by atoms with Crippen molar-refractivity contribution in [2.75, 3.05) is 11.9 Å². The van der Waals surface area contributed by atoms with E-state index < -0.39 is 48.6 Å². The number of urea groups is 1. The number of likely N-dealkylation sites (tertiary alicyclic amines) is 1. The molecule has 2 aliphatic rings. The Labute approximate surface area is 207 Å². The van der Waals surface area contributed by atoms with Crippen LogP contribution in [0.15, 0.2) is 66.8 Å². The van der Waals surface area contributed by atoms with Crippen LogP contribution in [0.4, 0.5) is 24.1 Å². The number of rotatable bonds is 5. The van der Waals surface area contributed by atoms with Gasteiger partial charge in [0.25, 0.3) is 0 Å². The van der Waals surface area contributed by atoms with Crippen LogP contribution >= 0.6 is 0 Å². The molecule has 3 N–H and O–H groups in total. The Bertz CT molecular complexity index is 1360. The zero-order valence-electron chi connectivity index (χ0n) is 19.4. The van der Waals surface area contributed by atoms with Crippen LogP contribution in [0, 0.1) is 11.6 Å². The van der Waals surface area contributed by atoms with Crippen LogP contribution in [0.5, 0.6) is 0 Å². The number of allylic oxidation sites excluding steroid dienone is 2. The van der Waals surface area contributed by atoms with Gasteiger partial charge in [0.2, 0.25) is 4.87 Å². The molecule has 190 valence electrons. The number of carboxylic acid groups (broad SMARTS) is 1. The Hall–Kier alpha value is -3.57. The van der Waals surface area contributed by atoms with Crippen molar-refractivity contribution >= 4 is 33.4 Å². The molecule has 1 heterocycles. The fourth-order valence-electron chi connectivity index (χ4n) is 4.84. The number of nitrogens with zero attached hydrogens (tertiary/aromatic N) is 1. The van der Waals surface area contributed by atoms with Crippen LogP contribution in [-0.4, -0.2) is 47.0 Å². The van der Waals surface area contributed by atoms with E-state index in [1.54, 1.807) is 13.0 Å². The van der Waals surface area contributed by atoms with Crippen molar-refractivity contribution in [2.24, 2.45) is 0 Å². The van der Waals surface area contributed by atoms with Gasteiger partial charge < -0.3 is 15.7 Å². The summed E-state index contributed by atoms with van der Waals surface area (Å²) in [5, 5.41) is 14.7. The van der Waals surface area contributed by atoms with Gasteiger partial charge >= 0.3 is 22.1 Å². The molecule has 0 radical (unpaired) electrons. The Kier molecular flexibility index (Phi) is 6.72. The van der Waals surface area contributed by atoms with Crippen molar-refractivity contribution < 1.29 is 35.8 Å². The standard InChI is InChI=1S/C25H25F2N3O5S/c1-17-6-5-15-30(17,24(32)33)36(34,35)25(13-11-19(12-14-25)18-7-3-2-4-8-18)29-23(31)28-22-10-9-20(26)16-21(22)27/h2-4,7-13,16-17H,5-6,14-15H2,1H3,(H2-,28,29,31,32,33)/p+1/t17-,25?,30?/m1/s1. The summed E-state index contributed by atoms with van der Waals surface area (Å²) in [5.74, 6) is -1.89. The van der Waals surface area contributed by atoms with Crippen LogP contribution in [0.25, 0.3) is 5.57 Å². The smallest absolute Gasteiger partial charge is 0.435 e. The quantitative estimate of drug-likeness (QED) is 0.491. The molecule has 0 aromatic heterocycles. The van der Waals surface area contributed by atoms with Gasteiger partial charge in [0.1, 0.15) is 24.2 Å². The van der Waals surface area contributed by atoms with Gasteiger partial charge in [-0.15, -0.1) is 3.89 Å². The SMILES string of the molecule is C[C@@H]1CCC[N+]1(C(=O)O)S(=O)(=O)C1(NC(=O)Nc2ccc(F)cc2F)C=CC(c2ccccc2)=CC1. The number of hydrogen-bond donors (Lipinski definition) is 3. The van der Waals surface area contributed by atoms with Crippen molar-refractivity contribution in [2.45, 2.75) is 37.1 Å². The summed E-state index contributed by atoms with van der Waals surface area (Å²) < 4.78 is 54.5. The molecule has 8 nitrogen and oxygen atoms in total. The molecule has 2 aromatic carbocycles. The highest BCUT2D eigenvalue weighted by atomic mass is 32.2. The Balaban J connectivity index is 1.75. The molecule has 0 spiro atoms. The van der Waals surface area contributed by atoms with Gasteiger partial charge in [-0.25, -0.2) is 13.6 Å². The minimum absolute atomic E-state index is 0.153. The zero-order chi connectivity index (χ0) is 26.1. The molecule has 1 saturated heterocycles. The van der Waals surface area contributed by atoms with Crippen LogP contribution in [-0.2, 0) is 10.0 Å². The maximum absolute atomic E-state index is 14.2. The number of hydrogen-bond acceptors (Lipinski definition) is 4. The molecule has 1 aliphatic carbocycles. The number of amides is 3. The number of quaternary nitrogens is 1. The normalized spacial score (nSPS) is 25.8. The van der Waals surface area contributed by atoms with Gasteiger partial charge in [-0.3, -0.25) is 0 Å². The molecule has 1 aliphatic heterocycles. The van der Waals surface area contributed by atoms with Gasteiger partial charge in [0.05, 0.1) is 5.69 Å². The molecular weight excluding hydrogens is 492 g/mol. The summed E-state index contributed by atoms with van der Waals surface area (Å²) in [6, 6.07) is 9.84. The fraction of sp³-hybridized carbons (Fsp3) is 0.280. The molecule has 3 amide bonds. The lowest BCUT2D eigenvalue weighted by Gasteiger charge is -2.40. The molecule has 0 saturated carbocycles. The first kappa shape index (κ1) is 25.5. The first-order valence-corrected chi connectivity index (χ1v) is 12.8. The number of carbonyl (C=O) groups is 2. The Morgan fingerprint density at radius 3 is 2.42 bits per heavy atom. The Morgan fingerprint density at radius 2 is 1.86 bits per heavy atom. The third-order valence-electron chi connectivity index (χ3n) is 6.81. The second-order valence-corrected chi connectivity index (χ2v) is 11.3.